The van der Waals surface area contributed by atoms with Crippen molar-refractivity contribution in [2.45, 2.75) is 19.1 Å². The fourth-order valence-corrected chi connectivity index (χ4v) is 2.96. The van der Waals surface area contributed by atoms with Gasteiger partial charge in [0.1, 0.15) is 11.8 Å². The highest BCUT2D eigenvalue weighted by Gasteiger charge is 2.26. The summed E-state index contributed by atoms with van der Waals surface area (Å²) in [4.78, 5) is 0. The van der Waals surface area contributed by atoms with E-state index in [1.165, 1.54) is 11.1 Å². The van der Waals surface area contributed by atoms with Gasteiger partial charge in [-0.05, 0) is 17.2 Å². The van der Waals surface area contributed by atoms with Crippen LogP contribution in [0.3, 0.4) is 0 Å². The lowest BCUT2D eigenvalue weighted by molar-refractivity contribution is 0.0105. The molecule has 0 unspecified atom stereocenters. The van der Waals surface area contributed by atoms with E-state index in [2.05, 4.69) is 22.3 Å². The predicted molar refractivity (Wildman–Crippen MR) is 81.4 cm³/mol. The van der Waals surface area contributed by atoms with E-state index < -0.39 is 0 Å². The van der Waals surface area contributed by atoms with Gasteiger partial charge in [0.25, 0.3) is 5.89 Å². The summed E-state index contributed by atoms with van der Waals surface area (Å²) in [7, 11) is 1.89. The Kier molecular flexibility index (Phi) is 3.24. The summed E-state index contributed by atoms with van der Waals surface area (Å²) >= 11 is 5.99. The van der Waals surface area contributed by atoms with Crippen LogP contribution in [0.5, 0.6) is 0 Å². The van der Waals surface area contributed by atoms with Crippen LogP contribution in [-0.2, 0) is 24.8 Å². The van der Waals surface area contributed by atoms with Gasteiger partial charge < -0.3 is 13.7 Å². The molecule has 3 aromatic rings. The molecule has 0 spiro atoms. The summed E-state index contributed by atoms with van der Waals surface area (Å²) in [6.45, 7) is 0.564. The first-order valence-electron chi connectivity index (χ1n) is 7.05. The molecule has 0 radical (unpaired) electrons. The Balaban J connectivity index is 1.62. The van der Waals surface area contributed by atoms with Crippen LogP contribution in [0.2, 0.25) is 5.02 Å². The third-order valence-corrected chi connectivity index (χ3v) is 4.08. The topological polar surface area (TPSA) is 53.1 Å². The maximum absolute atomic E-state index is 5.99. The van der Waals surface area contributed by atoms with E-state index in [-0.39, 0.29) is 6.10 Å². The molecule has 2 aromatic heterocycles. The molecule has 4 rings (SSSR count). The van der Waals surface area contributed by atoms with Crippen LogP contribution in [0, 0.1) is 0 Å². The lowest BCUT2D eigenvalue weighted by Crippen LogP contribution is -2.15. The van der Waals surface area contributed by atoms with Crippen molar-refractivity contribution in [1.29, 1.82) is 0 Å². The molecule has 0 N–H and O–H groups in total. The number of benzene rings is 1. The van der Waals surface area contributed by atoms with Crippen LogP contribution in [0.4, 0.5) is 0 Å². The molecule has 0 fully saturated rings. The normalized spacial score (nSPS) is 17.5. The third kappa shape index (κ3) is 2.32. The molecule has 22 heavy (non-hydrogen) atoms. The zero-order valence-electron chi connectivity index (χ0n) is 12.0. The van der Waals surface area contributed by atoms with Crippen LogP contribution in [-0.4, -0.2) is 14.8 Å². The number of fused-ring (bicyclic) bond motifs is 1. The first-order valence-corrected chi connectivity index (χ1v) is 7.42. The van der Waals surface area contributed by atoms with E-state index in [9.17, 15) is 0 Å². The Bertz CT molecular complexity index is 824. The van der Waals surface area contributed by atoms with Gasteiger partial charge in [-0.15, -0.1) is 10.2 Å². The minimum absolute atomic E-state index is 0.202. The summed E-state index contributed by atoms with van der Waals surface area (Å²) in [5.41, 5.74) is 3.27. The molecular weight excluding hydrogens is 302 g/mol. The SMILES string of the molecule is Cn1cc(Cl)cc1-c1nnc([C@@H]2Cc3ccccc3CO2)o1. The van der Waals surface area contributed by atoms with Crippen molar-refractivity contribution >= 4 is 11.6 Å². The highest BCUT2D eigenvalue weighted by molar-refractivity contribution is 6.30. The number of aryl methyl sites for hydroxylation is 1. The average molecular weight is 316 g/mol. The van der Waals surface area contributed by atoms with Crippen molar-refractivity contribution in [3.8, 4) is 11.6 Å². The summed E-state index contributed by atoms with van der Waals surface area (Å²) in [6.07, 6.45) is 2.34. The van der Waals surface area contributed by atoms with Crippen molar-refractivity contribution in [2.24, 2.45) is 7.05 Å². The van der Waals surface area contributed by atoms with E-state index in [4.69, 9.17) is 20.8 Å². The fourth-order valence-electron chi connectivity index (χ4n) is 2.71. The van der Waals surface area contributed by atoms with Crippen LogP contribution in [0.25, 0.3) is 11.6 Å². The Morgan fingerprint density at radius 3 is 2.82 bits per heavy atom. The minimum atomic E-state index is -0.202. The highest BCUT2D eigenvalue weighted by atomic mass is 35.5. The number of hydrogen-bond acceptors (Lipinski definition) is 4. The number of halogens is 1. The standard InChI is InChI=1S/C16H14ClN3O2/c1-20-8-12(17)7-13(20)15-18-19-16(22-15)14-6-10-4-2-3-5-11(10)9-21-14/h2-5,7-8,14H,6,9H2,1H3/t14-/m0/s1. The molecule has 0 bridgehead atoms. The van der Waals surface area contributed by atoms with E-state index >= 15 is 0 Å². The van der Waals surface area contributed by atoms with Crippen LogP contribution in [0.15, 0.2) is 40.9 Å². The zero-order chi connectivity index (χ0) is 15.1. The quantitative estimate of drug-likeness (QED) is 0.726. The smallest absolute Gasteiger partial charge is 0.264 e. The van der Waals surface area contributed by atoms with Crippen LogP contribution in [0.1, 0.15) is 23.1 Å². The number of ether oxygens (including phenoxy) is 1. The van der Waals surface area contributed by atoms with Gasteiger partial charge in [-0.25, -0.2) is 0 Å². The van der Waals surface area contributed by atoms with Crippen molar-refractivity contribution in [2.75, 3.05) is 0 Å². The summed E-state index contributed by atoms with van der Waals surface area (Å²) < 4.78 is 13.5. The Morgan fingerprint density at radius 2 is 2.05 bits per heavy atom. The zero-order valence-corrected chi connectivity index (χ0v) is 12.7. The van der Waals surface area contributed by atoms with Gasteiger partial charge in [0.2, 0.25) is 5.89 Å². The first kappa shape index (κ1) is 13.5. The first-order chi connectivity index (χ1) is 10.7. The largest absolute Gasteiger partial charge is 0.416 e. The van der Waals surface area contributed by atoms with Gasteiger partial charge >= 0.3 is 0 Å². The molecule has 1 aliphatic rings. The summed E-state index contributed by atoms with van der Waals surface area (Å²) in [6, 6.07) is 10.0. The van der Waals surface area contributed by atoms with E-state index in [1.807, 2.05) is 23.7 Å². The van der Waals surface area contributed by atoms with Crippen LogP contribution >= 0.6 is 11.6 Å². The molecule has 1 aromatic carbocycles. The molecule has 112 valence electrons. The van der Waals surface area contributed by atoms with Gasteiger partial charge in [0.05, 0.1) is 11.6 Å². The molecule has 0 aliphatic carbocycles. The predicted octanol–water partition coefficient (Wildman–Crippen LogP) is 3.54. The molecule has 5 nitrogen and oxygen atoms in total. The molecule has 1 atom stereocenters. The molecule has 6 heteroatoms. The molecule has 0 saturated heterocycles. The monoisotopic (exact) mass is 315 g/mol. The molecule has 3 heterocycles. The number of hydrogen-bond donors (Lipinski definition) is 0. The van der Waals surface area contributed by atoms with Crippen molar-refractivity contribution in [1.82, 2.24) is 14.8 Å². The second-order valence-electron chi connectivity index (χ2n) is 5.37. The molecule has 0 amide bonds. The maximum Gasteiger partial charge on any atom is 0.264 e. The number of rotatable bonds is 2. The number of aromatic nitrogens is 3. The Hall–Kier alpha value is -2.11. The molecular formula is C16H14ClN3O2. The van der Waals surface area contributed by atoms with Gasteiger partial charge in [-0.2, -0.15) is 0 Å². The van der Waals surface area contributed by atoms with E-state index in [1.54, 1.807) is 12.3 Å². The van der Waals surface area contributed by atoms with Gasteiger partial charge in [0, 0.05) is 19.7 Å². The van der Waals surface area contributed by atoms with Gasteiger partial charge in [0.15, 0.2) is 0 Å². The molecule has 0 saturated carbocycles. The van der Waals surface area contributed by atoms with Crippen LogP contribution < -0.4 is 0 Å². The fraction of sp³-hybridized carbons (Fsp3) is 0.250. The maximum atomic E-state index is 5.99. The second-order valence-corrected chi connectivity index (χ2v) is 5.81. The minimum Gasteiger partial charge on any atom is -0.416 e. The molecule has 1 aliphatic heterocycles. The lowest BCUT2D eigenvalue weighted by Gasteiger charge is -2.22. The van der Waals surface area contributed by atoms with E-state index in [0.29, 0.717) is 23.4 Å². The second kappa shape index (κ2) is 5.26. The van der Waals surface area contributed by atoms with Crippen molar-refractivity contribution in [3.05, 3.63) is 58.6 Å². The average Bonchev–Trinajstić information content (AvgIpc) is 3.13. The lowest BCUT2D eigenvalue weighted by atomic mass is 9.99. The van der Waals surface area contributed by atoms with Gasteiger partial charge in [-0.1, -0.05) is 35.9 Å². The van der Waals surface area contributed by atoms with Crippen molar-refractivity contribution in [3.63, 3.8) is 0 Å². The Labute approximate surface area is 132 Å². The van der Waals surface area contributed by atoms with Crippen molar-refractivity contribution < 1.29 is 9.15 Å². The Morgan fingerprint density at radius 1 is 1.23 bits per heavy atom. The van der Waals surface area contributed by atoms with Gasteiger partial charge in [-0.3, -0.25) is 0 Å². The number of nitrogens with zero attached hydrogens (tertiary/aromatic N) is 3. The third-order valence-electron chi connectivity index (χ3n) is 3.87. The van der Waals surface area contributed by atoms with E-state index in [0.717, 1.165) is 12.1 Å². The highest BCUT2D eigenvalue weighted by Crippen LogP contribution is 2.31. The summed E-state index contributed by atoms with van der Waals surface area (Å²) in [5, 5.41) is 8.90. The summed E-state index contributed by atoms with van der Waals surface area (Å²) in [5.74, 6) is 0.952.